The molecule has 1 aromatic rings. The molecular formula is C8H15N5O2. The smallest absolute Gasteiger partial charge is 0.292 e. The number of unbranched alkanes of at least 4 members (excludes halogenated alkanes) is 2. The fraction of sp³-hybridized carbons (Fsp3) is 0.750. The Bertz CT molecular complexity index is 275. The Balaban J connectivity index is 2.03. The normalized spacial score (nSPS) is 10.2. The average molecular weight is 213 g/mol. The molecule has 15 heavy (non-hydrogen) atoms. The van der Waals surface area contributed by atoms with Crippen molar-refractivity contribution in [1.82, 2.24) is 25.9 Å². The summed E-state index contributed by atoms with van der Waals surface area (Å²) in [6, 6.07) is 0. The minimum atomic E-state index is -0.296. The van der Waals surface area contributed by atoms with E-state index in [1.807, 2.05) is 0 Å². The molecule has 0 saturated carbocycles. The zero-order chi connectivity index (χ0) is 10.9. The molecule has 2 N–H and O–H groups in total. The number of rotatable bonds is 7. The molecule has 0 aromatic carbocycles. The minimum Gasteiger partial charge on any atom is -0.385 e. The van der Waals surface area contributed by atoms with E-state index in [2.05, 4.69) is 25.9 Å². The van der Waals surface area contributed by atoms with Gasteiger partial charge < -0.3 is 10.1 Å². The molecule has 0 fully saturated rings. The maximum atomic E-state index is 11.3. The second-order valence-electron chi connectivity index (χ2n) is 3.04. The molecule has 0 aliphatic rings. The van der Waals surface area contributed by atoms with Gasteiger partial charge in [0, 0.05) is 20.3 Å². The summed E-state index contributed by atoms with van der Waals surface area (Å²) in [4.78, 5) is 11.3. The zero-order valence-corrected chi connectivity index (χ0v) is 8.69. The highest BCUT2D eigenvalue weighted by Gasteiger charge is 2.08. The molecule has 7 heteroatoms. The van der Waals surface area contributed by atoms with Gasteiger partial charge in [0.2, 0.25) is 0 Å². The summed E-state index contributed by atoms with van der Waals surface area (Å²) in [5.41, 5.74) is 0. The topological polar surface area (TPSA) is 92.8 Å². The number of carbonyl (C=O) groups excluding carboxylic acids is 1. The average Bonchev–Trinajstić information content (AvgIpc) is 2.76. The number of methoxy groups -OCH3 is 1. The van der Waals surface area contributed by atoms with E-state index in [-0.39, 0.29) is 11.7 Å². The van der Waals surface area contributed by atoms with Crippen LogP contribution < -0.4 is 5.32 Å². The van der Waals surface area contributed by atoms with Crippen molar-refractivity contribution in [2.75, 3.05) is 20.3 Å². The third-order valence-corrected chi connectivity index (χ3v) is 1.86. The summed E-state index contributed by atoms with van der Waals surface area (Å²) in [6.45, 7) is 1.38. The van der Waals surface area contributed by atoms with E-state index in [9.17, 15) is 4.79 Å². The summed E-state index contributed by atoms with van der Waals surface area (Å²) < 4.78 is 4.91. The summed E-state index contributed by atoms with van der Waals surface area (Å²) >= 11 is 0. The largest absolute Gasteiger partial charge is 0.385 e. The molecule has 0 saturated heterocycles. The molecule has 84 valence electrons. The number of hydrogen-bond donors (Lipinski definition) is 2. The lowest BCUT2D eigenvalue weighted by Gasteiger charge is -2.01. The number of nitrogens with zero attached hydrogens (tertiary/aromatic N) is 3. The Morgan fingerprint density at radius 3 is 3.00 bits per heavy atom. The van der Waals surface area contributed by atoms with E-state index >= 15 is 0 Å². The minimum absolute atomic E-state index is 0.0758. The third kappa shape index (κ3) is 4.50. The van der Waals surface area contributed by atoms with Crippen LogP contribution in [0.3, 0.4) is 0 Å². The summed E-state index contributed by atoms with van der Waals surface area (Å²) in [7, 11) is 1.68. The maximum absolute atomic E-state index is 11.3. The molecule has 0 aliphatic carbocycles. The van der Waals surface area contributed by atoms with Gasteiger partial charge in [0.1, 0.15) is 0 Å². The quantitative estimate of drug-likeness (QED) is 0.609. The Morgan fingerprint density at radius 1 is 1.47 bits per heavy atom. The first kappa shape index (κ1) is 11.6. The fourth-order valence-corrected chi connectivity index (χ4v) is 1.09. The van der Waals surface area contributed by atoms with Crippen molar-refractivity contribution in [3.63, 3.8) is 0 Å². The van der Waals surface area contributed by atoms with Crippen LogP contribution in [-0.2, 0) is 4.74 Å². The molecular weight excluding hydrogens is 198 g/mol. The van der Waals surface area contributed by atoms with Crippen LogP contribution in [0.1, 0.15) is 29.9 Å². The first-order chi connectivity index (χ1) is 7.34. The Kier molecular flexibility index (Phi) is 5.31. The van der Waals surface area contributed by atoms with Crippen molar-refractivity contribution in [2.45, 2.75) is 19.3 Å². The van der Waals surface area contributed by atoms with Gasteiger partial charge in [-0.2, -0.15) is 5.21 Å². The van der Waals surface area contributed by atoms with Crippen molar-refractivity contribution >= 4 is 5.91 Å². The maximum Gasteiger partial charge on any atom is 0.292 e. The van der Waals surface area contributed by atoms with Gasteiger partial charge in [-0.05, 0) is 24.5 Å². The molecule has 0 spiro atoms. The number of aromatic amines is 1. The molecule has 0 atom stereocenters. The van der Waals surface area contributed by atoms with Crippen molar-refractivity contribution in [1.29, 1.82) is 0 Å². The van der Waals surface area contributed by atoms with Crippen molar-refractivity contribution in [2.24, 2.45) is 0 Å². The number of carbonyl (C=O) groups is 1. The third-order valence-electron chi connectivity index (χ3n) is 1.86. The monoisotopic (exact) mass is 213 g/mol. The Morgan fingerprint density at radius 2 is 2.33 bits per heavy atom. The summed E-state index contributed by atoms with van der Waals surface area (Å²) in [5, 5.41) is 15.3. The van der Waals surface area contributed by atoms with Gasteiger partial charge in [0.05, 0.1) is 0 Å². The van der Waals surface area contributed by atoms with Crippen LogP contribution in [0.2, 0.25) is 0 Å². The molecule has 0 bridgehead atoms. The van der Waals surface area contributed by atoms with Crippen molar-refractivity contribution < 1.29 is 9.53 Å². The molecule has 7 nitrogen and oxygen atoms in total. The van der Waals surface area contributed by atoms with Gasteiger partial charge in [-0.25, -0.2) is 0 Å². The standard InChI is InChI=1S/C8H15N5O2/c1-15-6-4-2-3-5-9-8(14)7-10-12-13-11-7/h2-6H2,1H3,(H,9,14)(H,10,11,12,13). The number of hydrogen-bond acceptors (Lipinski definition) is 5. The van der Waals surface area contributed by atoms with Crippen LogP contribution in [0, 0.1) is 0 Å². The molecule has 1 rings (SSSR count). The van der Waals surface area contributed by atoms with E-state index in [1.54, 1.807) is 7.11 Å². The van der Waals surface area contributed by atoms with Gasteiger partial charge in [-0.1, -0.05) is 0 Å². The highest BCUT2D eigenvalue weighted by molar-refractivity contribution is 5.89. The van der Waals surface area contributed by atoms with Crippen LogP contribution in [0.4, 0.5) is 0 Å². The van der Waals surface area contributed by atoms with E-state index in [0.717, 1.165) is 25.9 Å². The van der Waals surface area contributed by atoms with Gasteiger partial charge in [0.25, 0.3) is 11.7 Å². The van der Waals surface area contributed by atoms with Crippen LogP contribution >= 0.6 is 0 Å². The molecule has 0 unspecified atom stereocenters. The number of nitrogens with one attached hydrogen (secondary N) is 2. The Labute approximate surface area is 87.6 Å². The lowest BCUT2D eigenvalue weighted by molar-refractivity contribution is 0.0942. The number of H-pyrrole nitrogens is 1. The molecule has 1 heterocycles. The predicted octanol–water partition coefficient (Wildman–Crippen LogP) is -0.254. The van der Waals surface area contributed by atoms with E-state index in [1.165, 1.54) is 0 Å². The van der Waals surface area contributed by atoms with E-state index in [0.29, 0.717) is 6.54 Å². The van der Waals surface area contributed by atoms with Crippen LogP contribution in [0.5, 0.6) is 0 Å². The first-order valence-electron chi connectivity index (χ1n) is 4.85. The summed E-state index contributed by atoms with van der Waals surface area (Å²) in [6.07, 6.45) is 2.96. The second kappa shape index (κ2) is 6.88. The number of aromatic nitrogens is 4. The van der Waals surface area contributed by atoms with Crippen LogP contribution in [0.25, 0.3) is 0 Å². The highest BCUT2D eigenvalue weighted by Crippen LogP contribution is 1.94. The lowest BCUT2D eigenvalue weighted by atomic mass is 10.2. The number of amides is 1. The molecule has 0 aliphatic heterocycles. The SMILES string of the molecule is COCCCCCNC(=O)c1nn[nH]n1. The van der Waals surface area contributed by atoms with E-state index in [4.69, 9.17) is 4.74 Å². The number of ether oxygens (including phenoxy) is 1. The highest BCUT2D eigenvalue weighted by atomic mass is 16.5. The number of tetrazole rings is 1. The molecule has 0 radical (unpaired) electrons. The van der Waals surface area contributed by atoms with Gasteiger partial charge in [-0.3, -0.25) is 4.79 Å². The first-order valence-corrected chi connectivity index (χ1v) is 4.85. The molecule has 1 aromatic heterocycles. The van der Waals surface area contributed by atoms with Gasteiger partial charge in [0.15, 0.2) is 0 Å². The van der Waals surface area contributed by atoms with Crippen molar-refractivity contribution in [3.8, 4) is 0 Å². The fourth-order valence-electron chi connectivity index (χ4n) is 1.09. The summed E-state index contributed by atoms with van der Waals surface area (Å²) in [5.74, 6) is -0.220. The molecule has 1 amide bonds. The van der Waals surface area contributed by atoms with Gasteiger partial charge in [-0.15, -0.1) is 10.2 Å². The van der Waals surface area contributed by atoms with Gasteiger partial charge >= 0.3 is 0 Å². The van der Waals surface area contributed by atoms with Crippen molar-refractivity contribution in [3.05, 3.63) is 5.82 Å². The zero-order valence-electron chi connectivity index (χ0n) is 8.69. The Hall–Kier alpha value is -1.50. The lowest BCUT2D eigenvalue weighted by Crippen LogP contribution is -2.25. The van der Waals surface area contributed by atoms with Crippen LogP contribution in [0.15, 0.2) is 0 Å². The van der Waals surface area contributed by atoms with Crippen LogP contribution in [-0.4, -0.2) is 46.8 Å². The second-order valence-corrected chi connectivity index (χ2v) is 3.04. The van der Waals surface area contributed by atoms with E-state index < -0.39 is 0 Å². The predicted molar refractivity (Wildman–Crippen MR) is 52.2 cm³/mol.